The van der Waals surface area contributed by atoms with E-state index in [1.807, 2.05) is 6.07 Å². The Kier molecular flexibility index (Phi) is 6.99. The van der Waals surface area contributed by atoms with Crippen molar-refractivity contribution in [1.29, 1.82) is 0 Å². The van der Waals surface area contributed by atoms with E-state index >= 15 is 0 Å². The van der Waals surface area contributed by atoms with Crippen molar-refractivity contribution in [2.45, 2.75) is 51.9 Å². The molecule has 0 radical (unpaired) electrons. The van der Waals surface area contributed by atoms with Gasteiger partial charge in [0.2, 0.25) is 5.91 Å². The van der Waals surface area contributed by atoms with Gasteiger partial charge in [0.1, 0.15) is 11.5 Å². The van der Waals surface area contributed by atoms with Gasteiger partial charge < -0.3 is 9.47 Å². The SMILES string of the molecule is CC(C)(C)C(=O)Oc1ccc(C2(C(=O)Oc3ccccc3)CCC(C(=O)NO)CC2)cc1. The predicted octanol–water partition coefficient (Wildman–Crippen LogP) is 4.18. The Morgan fingerprint density at radius 1 is 0.906 bits per heavy atom. The lowest BCUT2D eigenvalue weighted by molar-refractivity contribution is -0.145. The van der Waals surface area contributed by atoms with E-state index in [0.717, 1.165) is 5.56 Å². The van der Waals surface area contributed by atoms with Crippen LogP contribution in [0.3, 0.4) is 0 Å². The number of ether oxygens (including phenoxy) is 2. The number of hydroxylamine groups is 1. The van der Waals surface area contributed by atoms with Crippen LogP contribution in [0.4, 0.5) is 0 Å². The summed E-state index contributed by atoms with van der Waals surface area (Å²) >= 11 is 0. The van der Waals surface area contributed by atoms with Crippen LogP contribution in [0.25, 0.3) is 0 Å². The van der Waals surface area contributed by atoms with E-state index in [0.29, 0.717) is 37.2 Å². The van der Waals surface area contributed by atoms with Gasteiger partial charge in [-0.15, -0.1) is 0 Å². The number of esters is 2. The molecule has 0 aliphatic heterocycles. The summed E-state index contributed by atoms with van der Waals surface area (Å²) in [7, 11) is 0. The van der Waals surface area contributed by atoms with Crippen LogP contribution >= 0.6 is 0 Å². The Bertz CT molecular complexity index is 954. The molecule has 1 saturated carbocycles. The molecule has 7 nitrogen and oxygen atoms in total. The first-order chi connectivity index (χ1) is 15.2. The molecule has 0 bridgehead atoms. The van der Waals surface area contributed by atoms with Crippen LogP contribution in [0.1, 0.15) is 52.0 Å². The minimum atomic E-state index is -0.950. The van der Waals surface area contributed by atoms with E-state index < -0.39 is 22.7 Å². The summed E-state index contributed by atoms with van der Waals surface area (Å²) in [5.41, 5.74) is 0.855. The van der Waals surface area contributed by atoms with Crippen molar-refractivity contribution < 1.29 is 29.1 Å². The third-order valence-electron chi connectivity index (χ3n) is 5.89. The van der Waals surface area contributed by atoms with Gasteiger partial charge in [0.25, 0.3) is 0 Å². The van der Waals surface area contributed by atoms with E-state index in [1.54, 1.807) is 74.8 Å². The monoisotopic (exact) mass is 439 g/mol. The lowest BCUT2D eigenvalue weighted by Gasteiger charge is -2.37. The fourth-order valence-electron chi connectivity index (χ4n) is 3.87. The molecule has 0 unspecified atom stereocenters. The van der Waals surface area contributed by atoms with E-state index in [4.69, 9.17) is 14.7 Å². The molecule has 3 rings (SSSR count). The molecular weight excluding hydrogens is 410 g/mol. The maximum atomic E-state index is 13.4. The van der Waals surface area contributed by atoms with Crippen molar-refractivity contribution in [2.75, 3.05) is 0 Å². The van der Waals surface area contributed by atoms with Crippen molar-refractivity contribution in [3.05, 3.63) is 60.2 Å². The molecule has 170 valence electrons. The molecule has 2 aromatic rings. The van der Waals surface area contributed by atoms with Gasteiger partial charge in [0, 0.05) is 5.92 Å². The lowest BCUT2D eigenvalue weighted by Crippen LogP contribution is -2.44. The molecule has 1 aliphatic rings. The topological polar surface area (TPSA) is 102 Å². The molecule has 1 aliphatic carbocycles. The molecule has 1 fully saturated rings. The second-order valence-corrected chi connectivity index (χ2v) is 9.20. The third-order valence-corrected chi connectivity index (χ3v) is 5.89. The van der Waals surface area contributed by atoms with Crippen LogP contribution in [0.5, 0.6) is 11.5 Å². The third kappa shape index (κ3) is 5.16. The van der Waals surface area contributed by atoms with E-state index in [-0.39, 0.29) is 11.9 Å². The Labute approximate surface area is 187 Å². The van der Waals surface area contributed by atoms with Crippen molar-refractivity contribution >= 4 is 17.8 Å². The second kappa shape index (κ2) is 9.53. The van der Waals surface area contributed by atoms with Crippen molar-refractivity contribution in [3.63, 3.8) is 0 Å². The van der Waals surface area contributed by atoms with Gasteiger partial charge in [-0.2, -0.15) is 0 Å². The van der Waals surface area contributed by atoms with Gasteiger partial charge in [-0.1, -0.05) is 30.3 Å². The number of nitrogens with one attached hydrogen (secondary N) is 1. The average Bonchev–Trinajstić information content (AvgIpc) is 2.79. The van der Waals surface area contributed by atoms with Crippen LogP contribution in [0, 0.1) is 11.3 Å². The molecule has 0 heterocycles. The van der Waals surface area contributed by atoms with Gasteiger partial charge in [0.15, 0.2) is 0 Å². The maximum Gasteiger partial charge on any atom is 0.321 e. The van der Waals surface area contributed by atoms with Crippen molar-refractivity contribution in [1.82, 2.24) is 5.48 Å². The standard InChI is InChI=1S/C25H29NO6/c1-24(2,3)22(28)31-20-11-9-18(10-12-20)25(15-13-17(14-16-25)21(27)26-30)23(29)32-19-7-5-4-6-8-19/h4-12,17,30H,13-16H2,1-3H3,(H,26,27). The maximum absolute atomic E-state index is 13.4. The number of carbonyl (C=O) groups excluding carboxylic acids is 3. The quantitative estimate of drug-likeness (QED) is 0.314. The first kappa shape index (κ1) is 23.5. The van der Waals surface area contributed by atoms with Crippen LogP contribution in [-0.4, -0.2) is 23.1 Å². The summed E-state index contributed by atoms with van der Waals surface area (Å²) in [6.45, 7) is 5.33. The molecule has 32 heavy (non-hydrogen) atoms. The minimum Gasteiger partial charge on any atom is -0.426 e. The van der Waals surface area contributed by atoms with Crippen molar-refractivity contribution in [3.8, 4) is 11.5 Å². The number of benzene rings is 2. The van der Waals surface area contributed by atoms with Crippen molar-refractivity contribution in [2.24, 2.45) is 11.3 Å². The van der Waals surface area contributed by atoms with E-state index in [1.165, 1.54) is 0 Å². The zero-order chi connectivity index (χ0) is 23.4. The summed E-state index contributed by atoms with van der Waals surface area (Å²) in [5.74, 6) is -0.717. The average molecular weight is 440 g/mol. The molecule has 2 aromatic carbocycles. The van der Waals surface area contributed by atoms with Gasteiger partial charge in [0.05, 0.1) is 10.8 Å². The number of carbonyl (C=O) groups is 3. The molecule has 0 spiro atoms. The van der Waals surface area contributed by atoms with Gasteiger partial charge in [-0.3, -0.25) is 19.6 Å². The molecule has 0 saturated heterocycles. The summed E-state index contributed by atoms with van der Waals surface area (Å²) < 4.78 is 11.1. The minimum absolute atomic E-state index is 0.348. The fourth-order valence-corrected chi connectivity index (χ4v) is 3.87. The van der Waals surface area contributed by atoms with Gasteiger partial charge >= 0.3 is 11.9 Å². The first-order valence-corrected chi connectivity index (χ1v) is 10.7. The molecule has 0 aromatic heterocycles. The van der Waals surface area contributed by atoms with Crippen LogP contribution in [-0.2, 0) is 19.8 Å². The van der Waals surface area contributed by atoms with Crippen LogP contribution < -0.4 is 15.0 Å². The lowest BCUT2D eigenvalue weighted by atomic mass is 9.66. The smallest absolute Gasteiger partial charge is 0.321 e. The zero-order valence-corrected chi connectivity index (χ0v) is 18.6. The Balaban J connectivity index is 1.86. The Morgan fingerprint density at radius 2 is 1.47 bits per heavy atom. The second-order valence-electron chi connectivity index (χ2n) is 9.20. The van der Waals surface area contributed by atoms with Gasteiger partial charge in [-0.05, 0) is 76.3 Å². The highest BCUT2D eigenvalue weighted by Gasteiger charge is 2.46. The highest BCUT2D eigenvalue weighted by atomic mass is 16.5. The number of hydrogen-bond donors (Lipinski definition) is 2. The first-order valence-electron chi connectivity index (χ1n) is 10.7. The molecule has 0 atom stereocenters. The van der Waals surface area contributed by atoms with Gasteiger partial charge in [-0.25, -0.2) is 5.48 Å². The predicted molar refractivity (Wildman–Crippen MR) is 117 cm³/mol. The molecule has 2 N–H and O–H groups in total. The zero-order valence-electron chi connectivity index (χ0n) is 18.6. The summed E-state index contributed by atoms with van der Waals surface area (Å²) in [4.78, 5) is 37.4. The number of hydrogen-bond acceptors (Lipinski definition) is 6. The summed E-state index contributed by atoms with van der Waals surface area (Å²) in [6.07, 6.45) is 1.63. The fraction of sp³-hybridized carbons (Fsp3) is 0.400. The largest absolute Gasteiger partial charge is 0.426 e. The normalized spacial score (nSPS) is 20.8. The summed E-state index contributed by atoms with van der Waals surface area (Å²) in [6, 6.07) is 15.7. The Morgan fingerprint density at radius 3 is 2.00 bits per heavy atom. The van der Waals surface area contributed by atoms with E-state index in [9.17, 15) is 14.4 Å². The summed E-state index contributed by atoms with van der Waals surface area (Å²) in [5, 5.41) is 8.97. The van der Waals surface area contributed by atoms with E-state index in [2.05, 4.69) is 0 Å². The number of para-hydroxylation sites is 1. The van der Waals surface area contributed by atoms with Crippen LogP contribution in [0.2, 0.25) is 0 Å². The highest BCUT2D eigenvalue weighted by molar-refractivity contribution is 5.86. The number of rotatable bonds is 5. The molecule has 7 heteroatoms. The van der Waals surface area contributed by atoms with Crippen LogP contribution in [0.15, 0.2) is 54.6 Å². The number of amides is 1. The Hall–Kier alpha value is -3.19. The highest BCUT2D eigenvalue weighted by Crippen LogP contribution is 2.43. The molecule has 1 amide bonds. The molecular formula is C25H29NO6.